The van der Waals surface area contributed by atoms with Crippen LogP contribution < -0.4 is 5.32 Å². The highest BCUT2D eigenvalue weighted by Gasteiger charge is 2.36. The lowest BCUT2D eigenvalue weighted by molar-refractivity contribution is -0.0254. The first-order chi connectivity index (χ1) is 9.31. The molecule has 0 atom stereocenters. The molecule has 120 valence electrons. The second-order valence-corrected chi connectivity index (χ2v) is 7.46. The summed E-state index contributed by atoms with van der Waals surface area (Å²) in [5.41, 5.74) is 0.109. The highest BCUT2D eigenvalue weighted by Crippen LogP contribution is 2.32. The van der Waals surface area contributed by atoms with E-state index in [1.165, 1.54) is 0 Å². The van der Waals surface area contributed by atoms with Crippen LogP contribution in [0.25, 0.3) is 0 Å². The zero-order chi connectivity index (χ0) is 15.2. The van der Waals surface area contributed by atoms with Gasteiger partial charge in [-0.15, -0.1) is 0 Å². The molecule has 0 spiro atoms. The molecule has 4 nitrogen and oxygen atoms in total. The lowest BCUT2D eigenvalue weighted by atomic mass is 9.78. The average Bonchev–Trinajstić information content (AvgIpc) is 2.39. The Morgan fingerprint density at radius 2 is 1.90 bits per heavy atom. The largest absolute Gasteiger partial charge is 0.394 e. The fraction of sp³-hybridized carbons (Fsp3) is 1.00. The Morgan fingerprint density at radius 1 is 1.30 bits per heavy atom. The van der Waals surface area contributed by atoms with Crippen molar-refractivity contribution >= 4 is 0 Å². The molecule has 0 aromatic carbocycles. The van der Waals surface area contributed by atoms with Gasteiger partial charge in [0.1, 0.15) is 0 Å². The molecule has 1 fully saturated rings. The molecule has 2 N–H and O–H groups in total. The van der Waals surface area contributed by atoms with Gasteiger partial charge in [-0.3, -0.25) is 4.90 Å². The molecular weight excluding hydrogens is 252 g/mol. The first kappa shape index (κ1) is 17.9. The summed E-state index contributed by atoms with van der Waals surface area (Å²) in [7, 11) is 2.12. The number of nitrogens with zero attached hydrogens (tertiary/aromatic N) is 1. The van der Waals surface area contributed by atoms with Crippen LogP contribution in [0.5, 0.6) is 0 Å². The highest BCUT2D eigenvalue weighted by atomic mass is 16.5. The van der Waals surface area contributed by atoms with Gasteiger partial charge in [0.05, 0.1) is 6.61 Å². The zero-order valence-corrected chi connectivity index (χ0v) is 14.0. The number of rotatable bonds is 8. The van der Waals surface area contributed by atoms with Crippen LogP contribution in [-0.2, 0) is 4.74 Å². The maximum absolute atomic E-state index is 9.54. The predicted molar refractivity (Wildman–Crippen MR) is 84.0 cm³/mol. The van der Waals surface area contributed by atoms with Crippen LogP contribution in [0.15, 0.2) is 0 Å². The van der Waals surface area contributed by atoms with Crippen molar-refractivity contribution in [1.29, 1.82) is 0 Å². The summed E-state index contributed by atoms with van der Waals surface area (Å²) in [6, 6.07) is 0. The summed E-state index contributed by atoms with van der Waals surface area (Å²) in [6.45, 7) is 13.7. The number of hydrogen-bond donors (Lipinski definition) is 2. The quantitative estimate of drug-likeness (QED) is 0.713. The van der Waals surface area contributed by atoms with Gasteiger partial charge in [0.15, 0.2) is 0 Å². The number of ether oxygens (including phenoxy) is 1. The van der Waals surface area contributed by atoms with Crippen LogP contribution in [0.1, 0.15) is 40.5 Å². The lowest BCUT2D eigenvalue weighted by Gasteiger charge is -2.45. The van der Waals surface area contributed by atoms with Gasteiger partial charge in [0.2, 0.25) is 0 Å². The number of likely N-dealkylation sites (N-methyl/N-ethyl adjacent to an activating group) is 1. The molecule has 1 rings (SSSR count). The first-order valence-corrected chi connectivity index (χ1v) is 7.92. The molecule has 0 aromatic rings. The van der Waals surface area contributed by atoms with Crippen LogP contribution in [0, 0.1) is 11.3 Å². The molecule has 1 heterocycles. The summed E-state index contributed by atoms with van der Waals surface area (Å²) < 4.78 is 5.55. The molecule has 0 aliphatic carbocycles. The first-order valence-electron chi connectivity index (χ1n) is 7.92. The third-order valence-corrected chi connectivity index (χ3v) is 4.60. The number of aliphatic hydroxyl groups excluding tert-OH is 1. The fourth-order valence-corrected chi connectivity index (χ4v) is 2.66. The van der Waals surface area contributed by atoms with Crippen molar-refractivity contribution in [2.75, 3.05) is 46.5 Å². The van der Waals surface area contributed by atoms with Crippen molar-refractivity contribution < 1.29 is 9.84 Å². The molecule has 1 aliphatic heterocycles. The molecule has 0 radical (unpaired) electrons. The summed E-state index contributed by atoms with van der Waals surface area (Å²) in [4.78, 5) is 2.30. The van der Waals surface area contributed by atoms with Crippen LogP contribution >= 0.6 is 0 Å². The SMILES string of the molecule is CC(C)CNCC1(CN(C)C(C)(C)CO)CCOCC1. The van der Waals surface area contributed by atoms with E-state index in [1.54, 1.807) is 0 Å². The maximum Gasteiger partial charge on any atom is 0.0609 e. The van der Waals surface area contributed by atoms with Crippen molar-refractivity contribution in [3.05, 3.63) is 0 Å². The van der Waals surface area contributed by atoms with Crippen molar-refractivity contribution in [3.8, 4) is 0 Å². The van der Waals surface area contributed by atoms with E-state index in [0.717, 1.165) is 45.7 Å². The van der Waals surface area contributed by atoms with Crippen molar-refractivity contribution in [2.24, 2.45) is 11.3 Å². The van der Waals surface area contributed by atoms with Crippen LogP contribution in [0.3, 0.4) is 0 Å². The van der Waals surface area contributed by atoms with Crippen LogP contribution in [0.2, 0.25) is 0 Å². The second kappa shape index (κ2) is 7.74. The van der Waals surface area contributed by atoms with Gasteiger partial charge in [0, 0.05) is 31.8 Å². The fourth-order valence-electron chi connectivity index (χ4n) is 2.66. The van der Waals surface area contributed by atoms with E-state index in [0.29, 0.717) is 5.92 Å². The van der Waals surface area contributed by atoms with Gasteiger partial charge < -0.3 is 15.2 Å². The summed E-state index contributed by atoms with van der Waals surface area (Å²) >= 11 is 0. The third kappa shape index (κ3) is 5.32. The summed E-state index contributed by atoms with van der Waals surface area (Å²) in [5.74, 6) is 0.679. The Morgan fingerprint density at radius 3 is 2.40 bits per heavy atom. The molecule has 0 unspecified atom stereocenters. The topological polar surface area (TPSA) is 44.7 Å². The molecule has 1 aliphatic rings. The van der Waals surface area contributed by atoms with E-state index in [1.807, 2.05) is 0 Å². The minimum atomic E-state index is -0.163. The Bertz CT molecular complexity index is 274. The number of hydrogen-bond acceptors (Lipinski definition) is 4. The molecule has 0 saturated carbocycles. The Balaban J connectivity index is 2.63. The van der Waals surface area contributed by atoms with Crippen LogP contribution in [0.4, 0.5) is 0 Å². The maximum atomic E-state index is 9.54. The third-order valence-electron chi connectivity index (χ3n) is 4.60. The molecule has 20 heavy (non-hydrogen) atoms. The van der Waals surface area contributed by atoms with Gasteiger partial charge in [-0.25, -0.2) is 0 Å². The predicted octanol–water partition coefficient (Wildman–Crippen LogP) is 1.73. The van der Waals surface area contributed by atoms with Gasteiger partial charge in [-0.1, -0.05) is 13.8 Å². The average molecular weight is 286 g/mol. The number of nitrogens with one attached hydrogen (secondary N) is 1. The zero-order valence-electron chi connectivity index (χ0n) is 14.0. The lowest BCUT2D eigenvalue weighted by Crippen LogP contribution is -2.53. The van der Waals surface area contributed by atoms with Gasteiger partial charge in [0.25, 0.3) is 0 Å². The molecular formula is C16H34N2O2. The van der Waals surface area contributed by atoms with E-state index in [9.17, 15) is 5.11 Å². The molecule has 0 amide bonds. The van der Waals surface area contributed by atoms with E-state index >= 15 is 0 Å². The molecule has 1 saturated heterocycles. The molecule has 0 bridgehead atoms. The Kier molecular flexibility index (Phi) is 6.92. The van der Waals surface area contributed by atoms with Crippen molar-refractivity contribution in [2.45, 2.75) is 46.1 Å². The van der Waals surface area contributed by atoms with Crippen LogP contribution in [-0.4, -0.2) is 62.0 Å². The van der Waals surface area contributed by atoms with Crippen molar-refractivity contribution in [3.63, 3.8) is 0 Å². The highest BCUT2D eigenvalue weighted by molar-refractivity contribution is 4.90. The summed E-state index contributed by atoms with van der Waals surface area (Å²) in [5, 5.41) is 13.2. The van der Waals surface area contributed by atoms with E-state index in [2.05, 4.69) is 45.0 Å². The second-order valence-electron chi connectivity index (χ2n) is 7.46. The standard InChI is InChI=1S/C16H34N2O2/c1-14(2)10-17-11-16(6-8-20-9-7-16)12-18(5)15(3,4)13-19/h14,17,19H,6-13H2,1-5H3. The Hall–Kier alpha value is -0.160. The number of aliphatic hydroxyl groups is 1. The monoisotopic (exact) mass is 286 g/mol. The summed E-state index contributed by atoms with van der Waals surface area (Å²) in [6.07, 6.45) is 2.20. The van der Waals surface area contributed by atoms with Crippen molar-refractivity contribution in [1.82, 2.24) is 10.2 Å². The molecule has 4 heteroatoms. The Labute approximate surface area is 124 Å². The van der Waals surface area contributed by atoms with E-state index in [-0.39, 0.29) is 17.6 Å². The van der Waals surface area contributed by atoms with E-state index < -0.39 is 0 Å². The van der Waals surface area contributed by atoms with Gasteiger partial charge >= 0.3 is 0 Å². The minimum Gasteiger partial charge on any atom is -0.394 e. The smallest absolute Gasteiger partial charge is 0.0609 e. The van der Waals surface area contributed by atoms with Gasteiger partial charge in [-0.2, -0.15) is 0 Å². The molecule has 0 aromatic heterocycles. The minimum absolute atomic E-state index is 0.163. The normalized spacial score (nSPS) is 19.8. The van der Waals surface area contributed by atoms with Gasteiger partial charge in [-0.05, 0) is 51.6 Å². The van der Waals surface area contributed by atoms with E-state index in [4.69, 9.17) is 4.74 Å².